The molecule has 0 aliphatic rings. The SMILES string of the molecule is O=C(Nc1ccccc1C(=O)Nc1nc(-c2ccco2)cs1)c1cccs1. The molecular formula is C19H13N3O3S2. The molecule has 4 rings (SSSR count). The molecule has 0 saturated carbocycles. The molecule has 0 saturated heterocycles. The number of furan rings is 1. The summed E-state index contributed by atoms with van der Waals surface area (Å²) in [5.41, 5.74) is 1.45. The fourth-order valence-corrected chi connectivity index (χ4v) is 3.73. The van der Waals surface area contributed by atoms with E-state index < -0.39 is 0 Å². The highest BCUT2D eigenvalue weighted by atomic mass is 32.1. The number of amides is 2. The van der Waals surface area contributed by atoms with Gasteiger partial charge in [0.1, 0.15) is 5.69 Å². The maximum Gasteiger partial charge on any atom is 0.265 e. The van der Waals surface area contributed by atoms with E-state index in [1.807, 2.05) is 5.38 Å². The van der Waals surface area contributed by atoms with Crippen LogP contribution in [0.15, 0.2) is 70.0 Å². The number of para-hydroxylation sites is 1. The molecule has 0 unspecified atom stereocenters. The summed E-state index contributed by atoms with van der Waals surface area (Å²) in [4.78, 5) is 29.9. The number of thiazole rings is 1. The average Bonchev–Trinajstić information content (AvgIpc) is 3.43. The van der Waals surface area contributed by atoms with Gasteiger partial charge in [-0.1, -0.05) is 18.2 Å². The molecule has 0 aliphatic carbocycles. The van der Waals surface area contributed by atoms with Crippen molar-refractivity contribution in [3.8, 4) is 11.5 Å². The molecule has 2 N–H and O–H groups in total. The van der Waals surface area contributed by atoms with E-state index in [9.17, 15) is 9.59 Å². The molecule has 2 amide bonds. The first-order valence-electron chi connectivity index (χ1n) is 7.95. The lowest BCUT2D eigenvalue weighted by Crippen LogP contribution is -2.17. The molecule has 0 spiro atoms. The molecule has 0 aliphatic heterocycles. The summed E-state index contributed by atoms with van der Waals surface area (Å²) in [6, 6.07) is 14.0. The monoisotopic (exact) mass is 395 g/mol. The number of carbonyl (C=O) groups is 2. The molecule has 134 valence electrons. The van der Waals surface area contributed by atoms with Crippen LogP contribution in [-0.2, 0) is 0 Å². The summed E-state index contributed by atoms with van der Waals surface area (Å²) in [6.07, 6.45) is 1.57. The second kappa shape index (κ2) is 7.56. The lowest BCUT2D eigenvalue weighted by molar-refractivity contribution is 0.102. The highest BCUT2D eigenvalue weighted by molar-refractivity contribution is 7.14. The maximum atomic E-state index is 12.7. The molecule has 8 heteroatoms. The van der Waals surface area contributed by atoms with Gasteiger partial charge in [0.25, 0.3) is 11.8 Å². The summed E-state index contributed by atoms with van der Waals surface area (Å²) in [7, 11) is 0. The Kier molecular flexibility index (Phi) is 4.82. The molecule has 0 atom stereocenters. The van der Waals surface area contributed by atoms with Crippen LogP contribution in [0.2, 0.25) is 0 Å². The van der Waals surface area contributed by atoms with Crippen molar-refractivity contribution >= 4 is 45.3 Å². The standard InChI is InChI=1S/C19H13N3O3S2/c23-17(22-19-21-14(11-27-19)15-7-3-9-25-15)12-5-1-2-6-13(12)20-18(24)16-8-4-10-26-16/h1-11H,(H,20,24)(H,21,22,23). The first-order valence-corrected chi connectivity index (χ1v) is 9.71. The summed E-state index contributed by atoms with van der Waals surface area (Å²) < 4.78 is 5.31. The first kappa shape index (κ1) is 17.2. The van der Waals surface area contributed by atoms with Crippen LogP contribution in [0.1, 0.15) is 20.0 Å². The van der Waals surface area contributed by atoms with Crippen LogP contribution in [0.4, 0.5) is 10.8 Å². The first-order chi connectivity index (χ1) is 13.2. The van der Waals surface area contributed by atoms with Gasteiger partial charge in [-0.25, -0.2) is 4.98 Å². The van der Waals surface area contributed by atoms with Gasteiger partial charge in [-0.15, -0.1) is 22.7 Å². The summed E-state index contributed by atoms with van der Waals surface area (Å²) in [6.45, 7) is 0. The highest BCUT2D eigenvalue weighted by Crippen LogP contribution is 2.26. The van der Waals surface area contributed by atoms with Gasteiger partial charge in [0, 0.05) is 5.38 Å². The number of hydrogen-bond donors (Lipinski definition) is 2. The highest BCUT2D eigenvalue weighted by Gasteiger charge is 2.16. The molecule has 1 aromatic carbocycles. The summed E-state index contributed by atoms with van der Waals surface area (Å²) in [5, 5.41) is 9.63. The van der Waals surface area contributed by atoms with Gasteiger partial charge in [-0.2, -0.15) is 0 Å². The fourth-order valence-electron chi connectivity index (χ4n) is 2.41. The summed E-state index contributed by atoms with van der Waals surface area (Å²) in [5.74, 6) is 0.0346. The third kappa shape index (κ3) is 3.81. The Morgan fingerprint density at radius 2 is 1.81 bits per heavy atom. The fraction of sp³-hybridized carbons (Fsp3) is 0. The number of nitrogens with one attached hydrogen (secondary N) is 2. The van der Waals surface area contributed by atoms with E-state index >= 15 is 0 Å². The Bertz CT molecular complexity index is 1070. The number of nitrogens with zero attached hydrogens (tertiary/aromatic N) is 1. The predicted molar refractivity (Wildman–Crippen MR) is 106 cm³/mol. The van der Waals surface area contributed by atoms with Gasteiger partial charge in [-0.05, 0) is 35.7 Å². The third-order valence-corrected chi connectivity index (χ3v) is 5.29. The molecular weight excluding hydrogens is 382 g/mol. The minimum Gasteiger partial charge on any atom is -0.463 e. The van der Waals surface area contributed by atoms with Crippen LogP contribution in [0.5, 0.6) is 0 Å². The van der Waals surface area contributed by atoms with Crippen LogP contribution in [0.25, 0.3) is 11.5 Å². The normalized spacial score (nSPS) is 10.5. The van der Waals surface area contributed by atoms with Crippen LogP contribution in [0, 0.1) is 0 Å². The van der Waals surface area contributed by atoms with Crippen molar-refractivity contribution in [3.05, 3.63) is 76.0 Å². The number of aromatic nitrogens is 1. The lowest BCUT2D eigenvalue weighted by atomic mass is 10.1. The third-order valence-electron chi connectivity index (χ3n) is 3.66. The number of rotatable bonds is 5. The van der Waals surface area contributed by atoms with E-state index in [0.29, 0.717) is 32.7 Å². The van der Waals surface area contributed by atoms with Crippen LogP contribution in [0.3, 0.4) is 0 Å². The zero-order valence-corrected chi connectivity index (χ0v) is 15.5. The maximum absolute atomic E-state index is 12.7. The van der Waals surface area contributed by atoms with Gasteiger partial charge in [0.2, 0.25) is 0 Å². The van der Waals surface area contributed by atoms with E-state index in [1.54, 1.807) is 60.2 Å². The van der Waals surface area contributed by atoms with Gasteiger partial charge >= 0.3 is 0 Å². The van der Waals surface area contributed by atoms with Crippen molar-refractivity contribution < 1.29 is 14.0 Å². The van der Waals surface area contributed by atoms with Gasteiger partial charge in [0.05, 0.1) is 22.4 Å². The van der Waals surface area contributed by atoms with E-state index in [4.69, 9.17) is 4.42 Å². The smallest absolute Gasteiger partial charge is 0.265 e. The predicted octanol–water partition coefficient (Wildman–Crippen LogP) is 4.97. The minimum absolute atomic E-state index is 0.250. The van der Waals surface area contributed by atoms with Crippen molar-refractivity contribution in [2.75, 3.05) is 10.6 Å². The molecule has 27 heavy (non-hydrogen) atoms. The topological polar surface area (TPSA) is 84.2 Å². The van der Waals surface area contributed by atoms with E-state index in [0.717, 1.165) is 0 Å². The second-order valence-electron chi connectivity index (χ2n) is 5.45. The van der Waals surface area contributed by atoms with Gasteiger partial charge < -0.3 is 9.73 Å². The van der Waals surface area contributed by atoms with E-state index in [2.05, 4.69) is 15.6 Å². The molecule has 0 fully saturated rings. The van der Waals surface area contributed by atoms with E-state index in [1.165, 1.54) is 22.7 Å². The Morgan fingerprint density at radius 3 is 2.59 bits per heavy atom. The molecule has 4 aromatic rings. The number of carbonyl (C=O) groups excluding carboxylic acids is 2. The average molecular weight is 395 g/mol. The number of anilines is 2. The largest absolute Gasteiger partial charge is 0.463 e. The Balaban J connectivity index is 1.51. The number of hydrogen-bond acceptors (Lipinski definition) is 6. The van der Waals surface area contributed by atoms with Gasteiger partial charge in [-0.3, -0.25) is 14.9 Å². The van der Waals surface area contributed by atoms with Crippen molar-refractivity contribution in [1.29, 1.82) is 0 Å². The number of benzene rings is 1. The van der Waals surface area contributed by atoms with Gasteiger partial charge in [0.15, 0.2) is 10.9 Å². The lowest BCUT2D eigenvalue weighted by Gasteiger charge is -2.09. The Hall–Kier alpha value is -3.23. The molecule has 3 heterocycles. The quantitative estimate of drug-likeness (QED) is 0.500. The molecule has 0 radical (unpaired) electrons. The van der Waals surface area contributed by atoms with Crippen molar-refractivity contribution in [3.63, 3.8) is 0 Å². The Morgan fingerprint density at radius 1 is 0.926 bits per heavy atom. The zero-order chi connectivity index (χ0) is 18.6. The molecule has 6 nitrogen and oxygen atoms in total. The van der Waals surface area contributed by atoms with Crippen molar-refractivity contribution in [1.82, 2.24) is 4.98 Å². The van der Waals surface area contributed by atoms with Crippen LogP contribution in [-0.4, -0.2) is 16.8 Å². The molecule has 3 aromatic heterocycles. The van der Waals surface area contributed by atoms with E-state index in [-0.39, 0.29) is 11.8 Å². The molecule has 0 bridgehead atoms. The van der Waals surface area contributed by atoms with Crippen LogP contribution < -0.4 is 10.6 Å². The van der Waals surface area contributed by atoms with Crippen LogP contribution >= 0.6 is 22.7 Å². The second-order valence-corrected chi connectivity index (χ2v) is 7.25. The Labute approximate surface area is 162 Å². The summed E-state index contributed by atoms with van der Waals surface area (Å²) >= 11 is 2.64. The van der Waals surface area contributed by atoms with Crippen molar-refractivity contribution in [2.45, 2.75) is 0 Å². The number of thiophene rings is 1. The minimum atomic E-state index is -0.350. The zero-order valence-electron chi connectivity index (χ0n) is 13.8. The van der Waals surface area contributed by atoms with Crippen molar-refractivity contribution in [2.24, 2.45) is 0 Å².